The van der Waals surface area contributed by atoms with Gasteiger partial charge in [0.25, 0.3) is 0 Å². The largest absolute Gasteiger partial charge is 0.394 e. The molecule has 2 aliphatic rings. The molecule has 11 heteroatoms. The average molecular weight is 382 g/mol. The van der Waals surface area contributed by atoms with Gasteiger partial charge >= 0.3 is 0 Å². The summed E-state index contributed by atoms with van der Waals surface area (Å²) in [6.45, 7) is 2.18. The standard InChI is InChI=1S/C15H26O11/c1-2-3-23-13-9(19)8(18)6(4-16)25-15(13)26-12-7(5-17)24-14(22)11(21)10(12)20/h2,6-22H,1,3-5H2/t6-,7-,8+,9+,10-,11-,12-,13-,14+,15+/m1/s1. The van der Waals surface area contributed by atoms with Crippen LogP contribution < -0.4 is 0 Å². The van der Waals surface area contributed by atoms with E-state index in [-0.39, 0.29) is 6.61 Å². The molecule has 11 nitrogen and oxygen atoms in total. The van der Waals surface area contributed by atoms with Crippen LogP contribution in [-0.4, -0.2) is 117 Å². The van der Waals surface area contributed by atoms with Crippen molar-refractivity contribution in [3.63, 3.8) is 0 Å². The van der Waals surface area contributed by atoms with Gasteiger partial charge in [-0.3, -0.25) is 0 Å². The molecule has 0 unspecified atom stereocenters. The fourth-order valence-electron chi connectivity index (χ4n) is 2.91. The van der Waals surface area contributed by atoms with Gasteiger partial charge in [0, 0.05) is 0 Å². The van der Waals surface area contributed by atoms with Crippen molar-refractivity contribution in [1.29, 1.82) is 0 Å². The molecule has 0 aliphatic carbocycles. The van der Waals surface area contributed by atoms with Gasteiger partial charge in [-0.2, -0.15) is 0 Å². The molecule has 0 saturated carbocycles. The molecular formula is C15H26O11. The average Bonchev–Trinajstić information content (AvgIpc) is 2.64. The fraction of sp³-hybridized carbons (Fsp3) is 0.867. The molecule has 7 N–H and O–H groups in total. The van der Waals surface area contributed by atoms with E-state index in [1.54, 1.807) is 0 Å². The van der Waals surface area contributed by atoms with Crippen molar-refractivity contribution in [3.8, 4) is 0 Å². The van der Waals surface area contributed by atoms with Gasteiger partial charge in [0.15, 0.2) is 12.6 Å². The van der Waals surface area contributed by atoms with Crippen molar-refractivity contribution in [2.75, 3.05) is 19.8 Å². The molecule has 2 fully saturated rings. The van der Waals surface area contributed by atoms with Crippen LogP contribution in [0.1, 0.15) is 0 Å². The van der Waals surface area contributed by atoms with E-state index in [0.29, 0.717) is 0 Å². The molecule has 10 atom stereocenters. The Morgan fingerprint density at radius 2 is 1.42 bits per heavy atom. The van der Waals surface area contributed by atoms with E-state index < -0.39 is 74.6 Å². The van der Waals surface area contributed by atoms with E-state index in [1.165, 1.54) is 6.08 Å². The van der Waals surface area contributed by atoms with E-state index in [4.69, 9.17) is 18.9 Å². The predicted octanol–water partition coefficient (Wildman–Crippen LogP) is -4.19. The van der Waals surface area contributed by atoms with Crippen LogP contribution in [0.2, 0.25) is 0 Å². The van der Waals surface area contributed by atoms with E-state index in [1.807, 2.05) is 0 Å². The molecule has 0 amide bonds. The van der Waals surface area contributed by atoms with Gasteiger partial charge in [0.05, 0.1) is 19.8 Å². The van der Waals surface area contributed by atoms with Gasteiger partial charge in [-0.05, 0) is 0 Å². The molecular weight excluding hydrogens is 356 g/mol. The third-order valence-corrected chi connectivity index (χ3v) is 4.36. The number of aliphatic hydroxyl groups is 7. The van der Waals surface area contributed by atoms with Crippen LogP contribution in [0.4, 0.5) is 0 Å². The summed E-state index contributed by atoms with van der Waals surface area (Å²) in [5.74, 6) is 0. The van der Waals surface area contributed by atoms with Crippen molar-refractivity contribution in [2.45, 2.75) is 61.4 Å². The number of hydrogen-bond donors (Lipinski definition) is 7. The monoisotopic (exact) mass is 382 g/mol. The second kappa shape index (κ2) is 9.48. The summed E-state index contributed by atoms with van der Waals surface area (Å²) in [6.07, 6.45) is -13.0. The summed E-state index contributed by atoms with van der Waals surface area (Å²) in [5.41, 5.74) is 0. The molecule has 0 bridgehead atoms. The van der Waals surface area contributed by atoms with Gasteiger partial charge < -0.3 is 54.7 Å². The van der Waals surface area contributed by atoms with Crippen LogP contribution in [0.15, 0.2) is 12.7 Å². The van der Waals surface area contributed by atoms with Crippen LogP contribution in [0.25, 0.3) is 0 Å². The first-order chi connectivity index (χ1) is 12.3. The Bertz CT molecular complexity index is 447. The molecule has 0 aromatic heterocycles. The highest BCUT2D eigenvalue weighted by Gasteiger charge is 2.50. The molecule has 2 aliphatic heterocycles. The van der Waals surface area contributed by atoms with Gasteiger partial charge in [0.1, 0.15) is 48.8 Å². The topological polar surface area (TPSA) is 179 Å². The Hall–Kier alpha value is -0.700. The summed E-state index contributed by atoms with van der Waals surface area (Å²) < 4.78 is 21.3. The third-order valence-electron chi connectivity index (χ3n) is 4.36. The van der Waals surface area contributed by atoms with Crippen LogP contribution in [-0.2, 0) is 18.9 Å². The normalized spacial score (nSPS) is 46.9. The minimum absolute atomic E-state index is 0.0179. The molecule has 2 rings (SSSR count). The summed E-state index contributed by atoms with van der Waals surface area (Å²) in [7, 11) is 0. The molecule has 0 aromatic carbocycles. The first-order valence-electron chi connectivity index (χ1n) is 8.16. The van der Waals surface area contributed by atoms with Gasteiger partial charge in [-0.15, -0.1) is 6.58 Å². The van der Waals surface area contributed by atoms with Crippen molar-refractivity contribution < 1.29 is 54.7 Å². The number of aliphatic hydroxyl groups excluding tert-OH is 7. The quantitative estimate of drug-likeness (QED) is 0.212. The molecule has 26 heavy (non-hydrogen) atoms. The maximum absolute atomic E-state index is 10.2. The predicted molar refractivity (Wildman–Crippen MR) is 82.5 cm³/mol. The van der Waals surface area contributed by atoms with E-state index in [9.17, 15) is 35.7 Å². The lowest BCUT2D eigenvalue weighted by atomic mass is 9.97. The lowest BCUT2D eigenvalue weighted by molar-refractivity contribution is -0.358. The zero-order valence-corrected chi connectivity index (χ0v) is 13.9. The smallest absolute Gasteiger partial charge is 0.187 e. The van der Waals surface area contributed by atoms with Crippen LogP contribution in [0.3, 0.4) is 0 Å². The Balaban J connectivity index is 2.19. The van der Waals surface area contributed by atoms with Gasteiger partial charge in [-0.25, -0.2) is 0 Å². The Morgan fingerprint density at radius 1 is 0.808 bits per heavy atom. The van der Waals surface area contributed by atoms with E-state index >= 15 is 0 Å². The SMILES string of the molecule is C=CCO[C@H]1[C@H](O[C@H]2[C@H](O)[C@@H](O)[C@@H](O)O[C@@H]2CO)O[C@H](CO)[C@H](O)[C@@H]1O. The van der Waals surface area contributed by atoms with Crippen molar-refractivity contribution in [2.24, 2.45) is 0 Å². The maximum Gasteiger partial charge on any atom is 0.187 e. The van der Waals surface area contributed by atoms with Crippen LogP contribution in [0.5, 0.6) is 0 Å². The molecule has 2 saturated heterocycles. The highest BCUT2D eigenvalue weighted by molar-refractivity contribution is 4.94. The van der Waals surface area contributed by atoms with Gasteiger partial charge in [0.2, 0.25) is 0 Å². The number of rotatable bonds is 7. The minimum Gasteiger partial charge on any atom is -0.394 e. The van der Waals surface area contributed by atoms with Crippen molar-refractivity contribution in [1.82, 2.24) is 0 Å². The highest BCUT2D eigenvalue weighted by Crippen LogP contribution is 2.29. The first kappa shape index (κ1) is 21.6. The van der Waals surface area contributed by atoms with Crippen LogP contribution >= 0.6 is 0 Å². The lowest BCUT2D eigenvalue weighted by Crippen LogP contribution is -2.64. The van der Waals surface area contributed by atoms with Crippen molar-refractivity contribution in [3.05, 3.63) is 12.7 Å². The Labute approximate surface area is 149 Å². The molecule has 0 spiro atoms. The zero-order valence-electron chi connectivity index (χ0n) is 13.9. The molecule has 0 aromatic rings. The van der Waals surface area contributed by atoms with Gasteiger partial charge in [-0.1, -0.05) is 6.08 Å². The lowest BCUT2D eigenvalue weighted by Gasteiger charge is -2.46. The summed E-state index contributed by atoms with van der Waals surface area (Å²) >= 11 is 0. The second-order valence-corrected chi connectivity index (χ2v) is 6.12. The maximum atomic E-state index is 10.2. The molecule has 0 radical (unpaired) electrons. The first-order valence-corrected chi connectivity index (χ1v) is 8.16. The Kier molecular flexibility index (Phi) is 7.88. The van der Waals surface area contributed by atoms with Crippen molar-refractivity contribution >= 4 is 0 Å². The molecule has 2 heterocycles. The van der Waals surface area contributed by atoms with E-state index in [0.717, 1.165) is 0 Å². The number of ether oxygens (including phenoxy) is 4. The Morgan fingerprint density at radius 3 is 2.00 bits per heavy atom. The fourth-order valence-corrected chi connectivity index (χ4v) is 2.91. The highest BCUT2D eigenvalue weighted by atomic mass is 16.7. The summed E-state index contributed by atoms with van der Waals surface area (Å²) in [5, 5.41) is 68.3. The van der Waals surface area contributed by atoms with Crippen LogP contribution in [0, 0.1) is 0 Å². The number of hydrogen-bond acceptors (Lipinski definition) is 11. The third kappa shape index (κ3) is 4.40. The second-order valence-electron chi connectivity index (χ2n) is 6.12. The zero-order chi connectivity index (χ0) is 19.4. The molecule has 152 valence electrons. The summed E-state index contributed by atoms with van der Waals surface area (Å²) in [6, 6.07) is 0. The summed E-state index contributed by atoms with van der Waals surface area (Å²) in [4.78, 5) is 0. The minimum atomic E-state index is -1.72. The van der Waals surface area contributed by atoms with E-state index in [2.05, 4.69) is 6.58 Å².